The summed E-state index contributed by atoms with van der Waals surface area (Å²) in [6, 6.07) is 8.75. The summed E-state index contributed by atoms with van der Waals surface area (Å²) in [5.41, 5.74) is 9.37. The molecule has 0 radical (unpaired) electrons. The lowest BCUT2D eigenvalue weighted by molar-refractivity contribution is 0.0338. The second-order valence-corrected chi connectivity index (χ2v) is 6.51. The van der Waals surface area contributed by atoms with Gasteiger partial charge in [0.2, 0.25) is 0 Å². The van der Waals surface area contributed by atoms with Gasteiger partial charge in [0.1, 0.15) is 0 Å². The molecule has 2 heterocycles. The van der Waals surface area contributed by atoms with Gasteiger partial charge in [0, 0.05) is 25.2 Å². The highest BCUT2D eigenvalue weighted by molar-refractivity contribution is 5.34. The Morgan fingerprint density at radius 3 is 2.48 bits per heavy atom. The Kier molecular flexibility index (Phi) is 4.60. The first kappa shape index (κ1) is 15.0. The molecule has 4 heteroatoms. The molecule has 1 aromatic rings. The van der Waals surface area contributed by atoms with Crippen LogP contribution in [0.25, 0.3) is 0 Å². The molecule has 0 atom stereocenters. The Hall–Kier alpha value is -0.940. The normalized spacial score (nSPS) is 24.1. The average Bonchev–Trinajstić information content (AvgIpc) is 2.52. The third kappa shape index (κ3) is 3.46. The molecule has 2 aliphatic rings. The molecule has 1 aromatic carbocycles. The van der Waals surface area contributed by atoms with Crippen LogP contribution in [-0.4, -0.2) is 56.2 Å². The quantitative estimate of drug-likeness (QED) is 0.913. The second-order valence-electron chi connectivity index (χ2n) is 6.51. The van der Waals surface area contributed by atoms with Crippen molar-refractivity contribution in [3.05, 3.63) is 35.4 Å². The minimum Gasteiger partial charge on any atom is -0.379 e. The molecule has 4 nitrogen and oxygen atoms in total. The monoisotopic (exact) mass is 289 g/mol. The average molecular weight is 289 g/mol. The molecule has 2 N–H and O–H groups in total. The lowest BCUT2D eigenvalue weighted by atomic mass is 9.79. The summed E-state index contributed by atoms with van der Waals surface area (Å²) in [4.78, 5) is 4.84. The fraction of sp³-hybridized carbons (Fsp3) is 0.647. The number of rotatable bonds is 3. The highest BCUT2D eigenvalue weighted by atomic mass is 16.5. The summed E-state index contributed by atoms with van der Waals surface area (Å²) in [5, 5.41) is 0. The number of piperidine rings is 1. The van der Waals surface area contributed by atoms with E-state index in [1.807, 2.05) is 0 Å². The van der Waals surface area contributed by atoms with Crippen LogP contribution >= 0.6 is 0 Å². The van der Waals surface area contributed by atoms with E-state index in [-0.39, 0.29) is 5.54 Å². The van der Waals surface area contributed by atoms with Gasteiger partial charge in [-0.1, -0.05) is 24.3 Å². The number of hydrogen-bond donors (Lipinski definition) is 1. The number of benzene rings is 1. The first-order valence-corrected chi connectivity index (χ1v) is 8.03. The van der Waals surface area contributed by atoms with Crippen LogP contribution in [0, 0.1) is 0 Å². The standard InChI is InChI=1S/C17H27N3O/c1-19-8-6-17(18,7-9-19)16-5-3-2-4-15(16)14-20-10-12-21-13-11-20/h2-5H,6-14,18H2,1H3. The summed E-state index contributed by atoms with van der Waals surface area (Å²) < 4.78 is 5.44. The predicted molar refractivity (Wildman–Crippen MR) is 85.1 cm³/mol. The van der Waals surface area contributed by atoms with Gasteiger partial charge in [0.15, 0.2) is 0 Å². The maximum Gasteiger partial charge on any atom is 0.0594 e. The van der Waals surface area contributed by atoms with Gasteiger partial charge < -0.3 is 15.4 Å². The zero-order chi connectivity index (χ0) is 14.7. The van der Waals surface area contributed by atoms with E-state index < -0.39 is 0 Å². The van der Waals surface area contributed by atoms with E-state index in [1.54, 1.807) is 0 Å². The first-order valence-electron chi connectivity index (χ1n) is 8.03. The van der Waals surface area contributed by atoms with Crippen molar-refractivity contribution in [3.8, 4) is 0 Å². The van der Waals surface area contributed by atoms with Crippen LogP contribution in [0.5, 0.6) is 0 Å². The van der Waals surface area contributed by atoms with Gasteiger partial charge in [-0.05, 0) is 44.1 Å². The number of likely N-dealkylation sites (tertiary alicyclic amines) is 1. The van der Waals surface area contributed by atoms with E-state index in [4.69, 9.17) is 10.5 Å². The third-order valence-corrected chi connectivity index (χ3v) is 4.93. The number of morpholine rings is 1. The summed E-state index contributed by atoms with van der Waals surface area (Å²) >= 11 is 0. The molecule has 0 aromatic heterocycles. The Bertz CT molecular complexity index is 463. The molecule has 0 aliphatic carbocycles. The van der Waals surface area contributed by atoms with Gasteiger partial charge in [0.05, 0.1) is 13.2 Å². The fourth-order valence-corrected chi connectivity index (χ4v) is 3.43. The van der Waals surface area contributed by atoms with Crippen molar-refractivity contribution in [2.75, 3.05) is 46.4 Å². The van der Waals surface area contributed by atoms with Crippen molar-refractivity contribution in [1.82, 2.24) is 9.80 Å². The lowest BCUT2D eigenvalue weighted by Crippen LogP contribution is -2.47. The molecule has 2 aliphatic heterocycles. The molecule has 0 saturated carbocycles. The number of nitrogens with two attached hydrogens (primary N) is 1. The zero-order valence-corrected chi connectivity index (χ0v) is 13.1. The topological polar surface area (TPSA) is 41.7 Å². The lowest BCUT2D eigenvalue weighted by Gasteiger charge is -2.40. The SMILES string of the molecule is CN1CCC(N)(c2ccccc2CN2CCOCC2)CC1. The van der Waals surface area contributed by atoms with Crippen LogP contribution in [0.2, 0.25) is 0 Å². The third-order valence-electron chi connectivity index (χ3n) is 4.93. The predicted octanol–water partition coefficient (Wildman–Crippen LogP) is 1.40. The molecule has 0 unspecified atom stereocenters. The Balaban J connectivity index is 1.78. The highest BCUT2D eigenvalue weighted by Gasteiger charge is 2.33. The van der Waals surface area contributed by atoms with Crippen molar-refractivity contribution in [3.63, 3.8) is 0 Å². The van der Waals surface area contributed by atoms with Gasteiger partial charge in [-0.2, -0.15) is 0 Å². The molecule has 0 spiro atoms. The summed E-state index contributed by atoms with van der Waals surface area (Å²) in [5.74, 6) is 0. The maximum atomic E-state index is 6.78. The maximum absolute atomic E-state index is 6.78. The minimum atomic E-state index is -0.157. The summed E-state index contributed by atoms with van der Waals surface area (Å²) in [7, 11) is 2.18. The smallest absolute Gasteiger partial charge is 0.0594 e. The van der Waals surface area contributed by atoms with Gasteiger partial charge >= 0.3 is 0 Å². The number of nitrogens with zero attached hydrogens (tertiary/aromatic N) is 2. The van der Waals surface area contributed by atoms with Crippen LogP contribution in [0.15, 0.2) is 24.3 Å². The molecule has 0 bridgehead atoms. The van der Waals surface area contributed by atoms with E-state index in [2.05, 4.69) is 41.1 Å². The van der Waals surface area contributed by atoms with Gasteiger partial charge in [-0.25, -0.2) is 0 Å². The Labute approximate surface area is 127 Å². The minimum absolute atomic E-state index is 0.157. The van der Waals surface area contributed by atoms with Gasteiger partial charge in [-0.3, -0.25) is 4.90 Å². The van der Waals surface area contributed by atoms with Gasteiger partial charge in [0.25, 0.3) is 0 Å². The fourth-order valence-electron chi connectivity index (χ4n) is 3.43. The van der Waals surface area contributed by atoms with Crippen LogP contribution in [0.3, 0.4) is 0 Å². The molecular weight excluding hydrogens is 262 g/mol. The van der Waals surface area contributed by atoms with Crippen LogP contribution < -0.4 is 5.73 Å². The Morgan fingerprint density at radius 2 is 1.76 bits per heavy atom. The van der Waals surface area contributed by atoms with Crippen molar-refractivity contribution < 1.29 is 4.74 Å². The van der Waals surface area contributed by atoms with Gasteiger partial charge in [-0.15, -0.1) is 0 Å². The molecule has 2 saturated heterocycles. The van der Waals surface area contributed by atoms with E-state index in [0.717, 1.165) is 58.8 Å². The van der Waals surface area contributed by atoms with Crippen molar-refractivity contribution in [2.45, 2.75) is 24.9 Å². The van der Waals surface area contributed by atoms with Crippen LogP contribution in [0.4, 0.5) is 0 Å². The Morgan fingerprint density at radius 1 is 1.10 bits per heavy atom. The second kappa shape index (κ2) is 6.44. The zero-order valence-electron chi connectivity index (χ0n) is 13.1. The molecule has 21 heavy (non-hydrogen) atoms. The van der Waals surface area contributed by atoms with Crippen LogP contribution in [0.1, 0.15) is 24.0 Å². The van der Waals surface area contributed by atoms with Crippen molar-refractivity contribution in [2.24, 2.45) is 5.73 Å². The van der Waals surface area contributed by atoms with Crippen LogP contribution in [-0.2, 0) is 16.8 Å². The molecule has 3 rings (SSSR count). The summed E-state index contributed by atoms with van der Waals surface area (Å²) in [6.07, 6.45) is 2.09. The molecule has 2 fully saturated rings. The number of ether oxygens (including phenoxy) is 1. The number of hydrogen-bond acceptors (Lipinski definition) is 4. The molecule has 0 amide bonds. The first-order chi connectivity index (χ1) is 10.2. The van der Waals surface area contributed by atoms with Crippen molar-refractivity contribution in [1.29, 1.82) is 0 Å². The molecular formula is C17H27N3O. The molecule has 116 valence electrons. The van der Waals surface area contributed by atoms with E-state index >= 15 is 0 Å². The van der Waals surface area contributed by atoms with E-state index in [9.17, 15) is 0 Å². The largest absolute Gasteiger partial charge is 0.379 e. The van der Waals surface area contributed by atoms with E-state index in [0.29, 0.717) is 0 Å². The highest BCUT2D eigenvalue weighted by Crippen LogP contribution is 2.32. The summed E-state index contributed by atoms with van der Waals surface area (Å²) in [6.45, 7) is 6.91. The van der Waals surface area contributed by atoms with E-state index in [1.165, 1.54) is 11.1 Å². The van der Waals surface area contributed by atoms with Crippen molar-refractivity contribution >= 4 is 0 Å².